The van der Waals surface area contributed by atoms with Crippen LogP contribution in [0.15, 0.2) is 67.1 Å². The van der Waals surface area contributed by atoms with Crippen molar-refractivity contribution >= 4 is 29.2 Å². The normalized spacial score (nSPS) is 10.4. The van der Waals surface area contributed by atoms with E-state index in [-0.39, 0.29) is 5.91 Å². The second kappa shape index (κ2) is 8.57. The van der Waals surface area contributed by atoms with Crippen molar-refractivity contribution in [1.82, 2.24) is 14.4 Å². The number of carbonyl (C=O) groups excluding carboxylic acids is 2. The average Bonchev–Trinajstić information content (AvgIpc) is 3.27. The fourth-order valence-electron chi connectivity index (χ4n) is 3.17. The molecule has 0 saturated heterocycles. The standard InChI is InChI=1S/C23H18N6O3/c1-28(18-7-3-15(11-24)4-8-18)22(30)17-6-10-21-26-13-19(29(21)14-17)16-5-9-20(25-12-16)27-23(31)32-2/h3-10,12-14H,1-2H3,(H,25,27,31). The third-order valence-electron chi connectivity index (χ3n) is 4.92. The van der Waals surface area contributed by atoms with Crippen molar-refractivity contribution in [2.75, 3.05) is 24.4 Å². The maximum atomic E-state index is 13.1. The molecule has 1 aromatic carbocycles. The summed E-state index contributed by atoms with van der Waals surface area (Å²) in [6.45, 7) is 0. The lowest BCUT2D eigenvalue weighted by atomic mass is 10.2. The van der Waals surface area contributed by atoms with E-state index in [0.717, 1.165) is 11.3 Å². The van der Waals surface area contributed by atoms with E-state index in [1.165, 1.54) is 12.0 Å². The maximum Gasteiger partial charge on any atom is 0.412 e. The van der Waals surface area contributed by atoms with Crippen molar-refractivity contribution in [3.8, 4) is 17.3 Å². The van der Waals surface area contributed by atoms with Gasteiger partial charge in [-0.2, -0.15) is 5.26 Å². The number of nitriles is 1. The molecular weight excluding hydrogens is 408 g/mol. The predicted octanol–water partition coefficient (Wildman–Crippen LogP) is 3.72. The third-order valence-corrected chi connectivity index (χ3v) is 4.92. The molecule has 0 radical (unpaired) electrons. The molecule has 0 fully saturated rings. The summed E-state index contributed by atoms with van der Waals surface area (Å²) in [5, 5.41) is 11.4. The van der Waals surface area contributed by atoms with Crippen LogP contribution in [0.2, 0.25) is 0 Å². The Balaban J connectivity index is 1.63. The summed E-state index contributed by atoms with van der Waals surface area (Å²) in [6, 6.07) is 15.8. The van der Waals surface area contributed by atoms with Gasteiger partial charge in [0.2, 0.25) is 0 Å². The van der Waals surface area contributed by atoms with Gasteiger partial charge in [-0.15, -0.1) is 0 Å². The highest BCUT2D eigenvalue weighted by Crippen LogP contribution is 2.23. The molecule has 0 saturated carbocycles. The van der Waals surface area contributed by atoms with E-state index in [4.69, 9.17) is 5.26 Å². The minimum atomic E-state index is -0.602. The van der Waals surface area contributed by atoms with Crippen LogP contribution in [0.3, 0.4) is 0 Å². The molecular formula is C23H18N6O3. The second-order valence-electron chi connectivity index (χ2n) is 6.86. The average molecular weight is 426 g/mol. The van der Waals surface area contributed by atoms with E-state index in [0.29, 0.717) is 28.3 Å². The largest absolute Gasteiger partial charge is 0.453 e. The summed E-state index contributed by atoms with van der Waals surface area (Å²) < 4.78 is 6.37. The van der Waals surface area contributed by atoms with Gasteiger partial charge in [0.1, 0.15) is 11.5 Å². The molecule has 3 heterocycles. The first-order valence-electron chi connectivity index (χ1n) is 9.57. The zero-order valence-electron chi connectivity index (χ0n) is 17.3. The number of anilines is 2. The minimum Gasteiger partial charge on any atom is -0.453 e. The lowest BCUT2D eigenvalue weighted by molar-refractivity contribution is 0.0992. The second-order valence-corrected chi connectivity index (χ2v) is 6.86. The number of methoxy groups -OCH3 is 1. The van der Waals surface area contributed by atoms with Crippen molar-refractivity contribution in [2.24, 2.45) is 0 Å². The molecule has 0 bridgehead atoms. The number of hydrogen-bond donors (Lipinski definition) is 1. The van der Waals surface area contributed by atoms with Crippen LogP contribution in [0.1, 0.15) is 15.9 Å². The van der Waals surface area contributed by atoms with Gasteiger partial charge < -0.3 is 9.64 Å². The van der Waals surface area contributed by atoms with Crippen LogP contribution >= 0.6 is 0 Å². The number of ether oxygens (including phenoxy) is 1. The van der Waals surface area contributed by atoms with E-state index in [1.54, 1.807) is 74.2 Å². The van der Waals surface area contributed by atoms with Crippen LogP contribution in [0.5, 0.6) is 0 Å². The summed E-state index contributed by atoms with van der Waals surface area (Å²) in [7, 11) is 2.96. The van der Waals surface area contributed by atoms with E-state index in [1.807, 2.05) is 4.40 Å². The van der Waals surface area contributed by atoms with Gasteiger partial charge in [0.05, 0.1) is 36.2 Å². The Morgan fingerprint density at radius 1 is 1.06 bits per heavy atom. The minimum absolute atomic E-state index is 0.202. The van der Waals surface area contributed by atoms with Crippen LogP contribution < -0.4 is 10.2 Å². The number of hydrogen-bond acceptors (Lipinski definition) is 6. The molecule has 0 aliphatic heterocycles. The Kier molecular flexibility index (Phi) is 5.51. The number of benzene rings is 1. The highest BCUT2D eigenvalue weighted by atomic mass is 16.5. The molecule has 3 aromatic heterocycles. The third kappa shape index (κ3) is 3.97. The quantitative estimate of drug-likeness (QED) is 0.532. The van der Waals surface area contributed by atoms with Crippen molar-refractivity contribution < 1.29 is 14.3 Å². The molecule has 0 unspecified atom stereocenters. The predicted molar refractivity (Wildman–Crippen MR) is 118 cm³/mol. The number of fused-ring (bicyclic) bond motifs is 1. The molecule has 0 spiro atoms. The van der Waals surface area contributed by atoms with Gasteiger partial charge in [-0.05, 0) is 48.5 Å². The number of rotatable bonds is 4. The molecule has 9 heteroatoms. The molecule has 4 rings (SSSR count). The number of nitrogens with zero attached hydrogens (tertiary/aromatic N) is 5. The topological polar surface area (TPSA) is 113 Å². The SMILES string of the molecule is COC(=O)Nc1ccc(-c2cnc3ccc(C(=O)N(C)c4ccc(C#N)cc4)cn23)cn1. The molecule has 0 atom stereocenters. The van der Waals surface area contributed by atoms with E-state index < -0.39 is 6.09 Å². The van der Waals surface area contributed by atoms with Gasteiger partial charge >= 0.3 is 6.09 Å². The van der Waals surface area contributed by atoms with Crippen LogP contribution in [0.25, 0.3) is 16.9 Å². The fourth-order valence-corrected chi connectivity index (χ4v) is 3.17. The number of nitrogens with one attached hydrogen (secondary N) is 1. The van der Waals surface area contributed by atoms with Crippen molar-refractivity contribution in [2.45, 2.75) is 0 Å². The van der Waals surface area contributed by atoms with Crippen molar-refractivity contribution in [3.63, 3.8) is 0 Å². The molecule has 0 aliphatic rings. The summed E-state index contributed by atoms with van der Waals surface area (Å²) >= 11 is 0. The van der Waals surface area contributed by atoms with Crippen LogP contribution in [0.4, 0.5) is 16.3 Å². The van der Waals surface area contributed by atoms with Gasteiger partial charge in [-0.3, -0.25) is 14.5 Å². The number of imidazole rings is 1. The molecule has 158 valence electrons. The van der Waals surface area contributed by atoms with Crippen LogP contribution in [-0.4, -0.2) is 40.5 Å². The molecule has 32 heavy (non-hydrogen) atoms. The summed E-state index contributed by atoms with van der Waals surface area (Å²) in [6.07, 6.45) is 4.42. The Morgan fingerprint density at radius 3 is 2.50 bits per heavy atom. The number of aromatic nitrogens is 3. The zero-order chi connectivity index (χ0) is 22.7. The Morgan fingerprint density at radius 2 is 1.84 bits per heavy atom. The number of carbonyl (C=O) groups is 2. The van der Waals surface area contributed by atoms with Gasteiger partial charge in [0.25, 0.3) is 5.91 Å². The summed E-state index contributed by atoms with van der Waals surface area (Å²) in [5.74, 6) is 0.154. The van der Waals surface area contributed by atoms with Gasteiger partial charge in [0.15, 0.2) is 0 Å². The Labute approximate surface area is 183 Å². The van der Waals surface area contributed by atoms with E-state index in [2.05, 4.69) is 26.1 Å². The molecule has 4 aromatic rings. The van der Waals surface area contributed by atoms with Gasteiger partial charge in [-0.1, -0.05) is 0 Å². The van der Waals surface area contributed by atoms with Crippen LogP contribution in [0, 0.1) is 11.3 Å². The first kappa shape index (κ1) is 20.6. The van der Waals surface area contributed by atoms with E-state index >= 15 is 0 Å². The van der Waals surface area contributed by atoms with Gasteiger partial charge in [0, 0.05) is 30.7 Å². The highest BCUT2D eigenvalue weighted by Gasteiger charge is 2.16. The monoisotopic (exact) mass is 426 g/mol. The van der Waals surface area contributed by atoms with Crippen molar-refractivity contribution in [3.05, 3.63) is 78.2 Å². The molecule has 0 aliphatic carbocycles. The maximum absolute atomic E-state index is 13.1. The Hall–Kier alpha value is -4.71. The first-order valence-corrected chi connectivity index (χ1v) is 9.57. The highest BCUT2D eigenvalue weighted by molar-refractivity contribution is 6.05. The molecule has 9 nitrogen and oxygen atoms in total. The molecule has 1 N–H and O–H groups in total. The molecule has 2 amide bonds. The van der Waals surface area contributed by atoms with E-state index in [9.17, 15) is 9.59 Å². The summed E-state index contributed by atoms with van der Waals surface area (Å²) in [5.41, 5.74) is 3.86. The summed E-state index contributed by atoms with van der Waals surface area (Å²) in [4.78, 5) is 34.5. The Bertz CT molecular complexity index is 1340. The fraction of sp³-hybridized carbons (Fsp3) is 0.0870. The lowest BCUT2D eigenvalue weighted by Gasteiger charge is -2.17. The first-order chi connectivity index (χ1) is 15.5. The number of pyridine rings is 2. The van der Waals surface area contributed by atoms with Gasteiger partial charge in [-0.25, -0.2) is 14.8 Å². The van der Waals surface area contributed by atoms with Crippen molar-refractivity contribution in [1.29, 1.82) is 5.26 Å². The lowest BCUT2D eigenvalue weighted by Crippen LogP contribution is -2.26. The number of amides is 2. The van der Waals surface area contributed by atoms with Crippen LogP contribution in [-0.2, 0) is 4.74 Å². The smallest absolute Gasteiger partial charge is 0.412 e. The zero-order valence-corrected chi connectivity index (χ0v) is 17.3.